The molecule has 0 aromatic heterocycles. The fourth-order valence-electron chi connectivity index (χ4n) is 1.55. The van der Waals surface area contributed by atoms with Crippen molar-refractivity contribution >= 4 is 5.69 Å². The molecule has 18 heavy (non-hydrogen) atoms. The molecule has 0 fully saturated rings. The number of azide groups is 1. The third kappa shape index (κ3) is 3.53. The first kappa shape index (κ1) is 14.1. The second-order valence-electron chi connectivity index (χ2n) is 3.75. The summed E-state index contributed by atoms with van der Waals surface area (Å²) < 4.78 is 4.99. The summed E-state index contributed by atoms with van der Waals surface area (Å²) in [7, 11) is 1.51. The minimum absolute atomic E-state index is 0.116. The summed E-state index contributed by atoms with van der Waals surface area (Å²) in [6.45, 7) is 0.116. The maximum atomic E-state index is 9.93. The lowest BCUT2D eigenvalue weighted by atomic mass is 10.0. The SMILES string of the molecule is COc1ccc(C(O)C(O)CCN=[N+]=[N-])c(N)c1. The number of nitrogens with zero attached hydrogens (tertiary/aromatic N) is 3. The summed E-state index contributed by atoms with van der Waals surface area (Å²) in [6, 6.07) is 4.81. The first-order valence-corrected chi connectivity index (χ1v) is 5.40. The maximum Gasteiger partial charge on any atom is 0.120 e. The second-order valence-corrected chi connectivity index (χ2v) is 3.75. The fourth-order valence-corrected chi connectivity index (χ4v) is 1.55. The number of aliphatic hydroxyl groups excluding tert-OH is 2. The Morgan fingerprint density at radius 1 is 1.50 bits per heavy atom. The summed E-state index contributed by atoms with van der Waals surface area (Å²) in [6.07, 6.45) is -1.99. The van der Waals surface area contributed by atoms with Crippen molar-refractivity contribution in [3.63, 3.8) is 0 Å². The van der Waals surface area contributed by atoms with E-state index < -0.39 is 12.2 Å². The molecule has 0 saturated carbocycles. The van der Waals surface area contributed by atoms with Crippen LogP contribution in [0.25, 0.3) is 10.4 Å². The Bertz CT molecular complexity index is 446. The largest absolute Gasteiger partial charge is 0.497 e. The predicted molar refractivity (Wildman–Crippen MR) is 67.0 cm³/mol. The van der Waals surface area contributed by atoms with Gasteiger partial charge < -0.3 is 20.7 Å². The number of hydrogen-bond donors (Lipinski definition) is 3. The van der Waals surface area contributed by atoms with E-state index in [-0.39, 0.29) is 13.0 Å². The van der Waals surface area contributed by atoms with E-state index in [0.29, 0.717) is 17.0 Å². The molecule has 0 radical (unpaired) electrons. The topological polar surface area (TPSA) is 124 Å². The Kier molecular flexibility index (Phi) is 5.26. The van der Waals surface area contributed by atoms with Gasteiger partial charge in [0.25, 0.3) is 0 Å². The average molecular weight is 252 g/mol. The second kappa shape index (κ2) is 6.70. The van der Waals surface area contributed by atoms with Crippen molar-refractivity contribution in [2.24, 2.45) is 5.11 Å². The molecule has 0 amide bonds. The number of hydrogen-bond acceptors (Lipinski definition) is 5. The highest BCUT2D eigenvalue weighted by molar-refractivity contribution is 5.52. The Morgan fingerprint density at radius 3 is 2.78 bits per heavy atom. The van der Waals surface area contributed by atoms with E-state index in [1.165, 1.54) is 7.11 Å². The summed E-state index contributed by atoms with van der Waals surface area (Å²) in [5.41, 5.74) is 14.6. The zero-order chi connectivity index (χ0) is 13.5. The summed E-state index contributed by atoms with van der Waals surface area (Å²) in [5, 5.41) is 23.0. The van der Waals surface area contributed by atoms with E-state index in [1.54, 1.807) is 18.2 Å². The van der Waals surface area contributed by atoms with E-state index >= 15 is 0 Å². The molecular weight excluding hydrogens is 236 g/mol. The van der Waals surface area contributed by atoms with E-state index in [2.05, 4.69) is 10.0 Å². The molecule has 0 spiro atoms. The minimum Gasteiger partial charge on any atom is -0.497 e. The first-order valence-electron chi connectivity index (χ1n) is 5.40. The third-order valence-corrected chi connectivity index (χ3v) is 2.57. The van der Waals surface area contributed by atoms with Crippen LogP contribution in [0, 0.1) is 0 Å². The number of benzene rings is 1. The Morgan fingerprint density at radius 2 is 2.22 bits per heavy atom. The molecule has 0 aliphatic carbocycles. The zero-order valence-electron chi connectivity index (χ0n) is 10.0. The van der Waals surface area contributed by atoms with Crippen molar-refractivity contribution in [1.82, 2.24) is 0 Å². The molecule has 4 N–H and O–H groups in total. The molecule has 2 atom stereocenters. The van der Waals surface area contributed by atoms with Crippen LogP contribution in [0.2, 0.25) is 0 Å². The van der Waals surface area contributed by atoms with Crippen LogP contribution in [0.4, 0.5) is 5.69 Å². The molecule has 7 heteroatoms. The van der Waals surface area contributed by atoms with E-state index in [1.807, 2.05) is 0 Å². The normalized spacial score (nSPS) is 13.5. The summed E-state index contributed by atoms with van der Waals surface area (Å²) in [4.78, 5) is 2.57. The van der Waals surface area contributed by atoms with Crippen LogP contribution in [0.3, 0.4) is 0 Å². The van der Waals surface area contributed by atoms with E-state index in [9.17, 15) is 10.2 Å². The highest BCUT2D eigenvalue weighted by Crippen LogP contribution is 2.27. The molecular formula is C11H16N4O3. The van der Waals surface area contributed by atoms with Crippen LogP contribution in [0.1, 0.15) is 18.1 Å². The number of aliphatic hydroxyl groups is 2. The standard InChI is InChI=1S/C11H16N4O3/c1-18-7-2-3-8(9(12)6-7)11(17)10(16)4-5-14-15-13/h2-3,6,10-11,16-17H,4-5,12H2,1H3. The number of rotatable bonds is 6. The van der Waals surface area contributed by atoms with Gasteiger partial charge in [0.2, 0.25) is 0 Å². The molecule has 2 unspecified atom stereocenters. The van der Waals surface area contributed by atoms with Gasteiger partial charge in [0.1, 0.15) is 11.9 Å². The van der Waals surface area contributed by atoms with E-state index in [4.69, 9.17) is 16.0 Å². The predicted octanol–water partition coefficient (Wildman–Crippen LogP) is 1.37. The number of nitrogens with two attached hydrogens (primary N) is 1. The molecule has 0 saturated heterocycles. The van der Waals surface area contributed by atoms with Gasteiger partial charge in [-0.05, 0) is 18.0 Å². The van der Waals surface area contributed by atoms with Crippen molar-refractivity contribution in [2.75, 3.05) is 19.4 Å². The van der Waals surface area contributed by atoms with Gasteiger partial charge >= 0.3 is 0 Å². The maximum absolute atomic E-state index is 9.93. The number of nitrogen functional groups attached to an aromatic ring is 1. The van der Waals surface area contributed by atoms with Gasteiger partial charge in [-0.25, -0.2) is 0 Å². The van der Waals surface area contributed by atoms with Crippen molar-refractivity contribution in [3.05, 3.63) is 34.2 Å². The lowest BCUT2D eigenvalue weighted by molar-refractivity contribution is 0.0154. The van der Waals surface area contributed by atoms with Crippen molar-refractivity contribution in [2.45, 2.75) is 18.6 Å². The number of anilines is 1. The molecule has 0 aliphatic heterocycles. The number of ether oxygens (including phenoxy) is 1. The highest BCUT2D eigenvalue weighted by atomic mass is 16.5. The zero-order valence-corrected chi connectivity index (χ0v) is 10.0. The van der Waals surface area contributed by atoms with E-state index in [0.717, 1.165) is 0 Å². The smallest absolute Gasteiger partial charge is 0.120 e. The van der Waals surface area contributed by atoms with Crippen LogP contribution in [0.5, 0.6) is 5.75 Å². The van der Waals surface area contributed by atoms with Crippen LogP contribution >= 0.6 is 0 Å². The summed E-state index contributed by atoms with van der Waals surface area (Å²) >= 11 is 0. The lowest BCUT2D eigenvalue weighted by Crippen LogP contribution is -2.20. The molecule has 0 bridgehead atoms. The highest BCUT2D eigenvalue weighted by Gasteiger charge is 2.20. The molecule has 0 aliphatic rings. The van der Waals surface area contributed by atoms with Crippen LogP contribution in [-0.2, 0) is 0 Å². The van der Waals surface area contributed by atoms with Crippen LogP contribution < -0.4 is 10.5 Å². The lowest BCUT2D eigenvalue weighted by Gasteiger charge is -2.19. The fraction of sp³-hybridized carbons (Fsp3) is 0.455. The van der Waals surface area contributed by atoms with Crippen molar-refractivity contribution in [1.29, 1.82) is 0 Å². The monoisotopic (exact) mass is 252 g/mol. The van der Waals surface area contributed by atoms with Gasteiger partial charge in [0, 0.05) is 28.8 Å². The van der Waals surface area contributed by atoms with Crippen LogP contribution in [-0.4, -0.2) is 30.0 Å². The molecule has 0 heterocycles. The van der Waals surface area contributed by atoms with Crippen LogP contribution in [0.15, 0.2) is 23.3 Å². The summed E-state index contributed by atoms with van der Waals surface area (Å²) in [5.74, 6) is 0.576. The van der Waals surface area contributed by atoms with Gasteiger partial charge in [0.05, 0.1) is 13.2 Å². The minimum atomic E-state index is -1.12. The molecule has 1 aromatic carbocycles. The van der Waals surface area contributed by atoms with Gasteiger partial charge in [-0.2, -0.15) is 0 Å². The Labute approximate surface area is 104 Å². The van der Waals surface area contributed by atoms with Crippen molar-refractivity contribution < 1.29 is 14.9 Å². The molecule has 98 valence electrons. The first-order chi connectivity index (χ1) is 8.60. The molecule has 1 rings (SSSR count). The van der Waals surface area contributed by atoms with Gasteiger partial charge in [-0.1, -0.05) is 11.2 Å². The van der Waals surface area contributed by atoms with Gasteiger partial charge in [0.15, 0.2) is 0 Å². The van der Waals surface area contributed by atoms with Crippen molar-refractivity contribution in [3.8, 4) is 5.75 Å². The molecule has 7 nitrogen and oxygen atoms in total. The average Bonchev–Trinajstić information content (AvgIpc) is 2.38. The van der Waals surface area contributed by atoms with Gasteiger partial charge in [-0.3, -0.25) is 0 Å². The number of methoxy groups -OCH3 is 1. The third-order valence-electron chi connectivity index (χ3n) is 2.57. The quantitative estimate of drug-likeness (QED) is 0.306. The Hall–Kier alpha value is -1.95. The Balaban J connectivity index is 2.76. The molecule has 1 aromatic rings. The van der Waals surface area contributed by atoms with Gasteiger partial charge in [-0.15, -0.1) is 0 Å².